The van der Waals surface area contributed by atoms with Crippen LogP contribution in [0.25, 0.3) is 0 Å². The molecule has 1 rings (SSSR count). The van der Waals surface area contributed by atoms with Crippen LogP contribution in [0, 0.1) is 0 Å². The van der Waals surface area contributed by atoms with Gasteiger partial charge in [0, 0.05) is 0 Å². The maximum atomic E-state index is 5.36. The maximum absolute atomic E-state index is 5.36. The molecule has 0 saturated heterocycles. The van der Waals surface area contributed by atoms with E-state index in [1.807, 2.05) is 30.3 Å². The summed E-state index contributed by atoms with van der Waals surface area (Å²) in [6, 6.07) is 9.49. The minimum atomic E-state index is 0. The first-order valence-corrected chi connectivity index (χ1v) is 2.20. The van der Waals surface area contributed by atoms with Crippen molar-refractivity contribution in [3.63, 3.8) is 0 Å². The third kappa shape index (κ3) is 2.26. The van der Waals surface area contributed by atoms with Gasteiger partial charge >= 0.3 is 18.9 Å². The predicted octanol–water partition coefficient (Wildman–Crippen LogP) is -0.168. The van der Waals surface area contributed by atoms with Crippen LogP contribution in [-0.4, -0.2) is 26.7 Å². The van der Waals surface area contributed by atoms with Gasteiger partial charge in [-0.25, -0.2) is 0 Å². The fraction of sp³-hybridized carbons (Fsp3) is 0. The van der Waals surface area contributed by atoms with E-state index in [1.54, 1.807) is 0 Å². The van der Waals surface area contributed by atoms with Crippen LogP contribution >= 0.6 is 0 Å². The van der Waals surface area contributed by atoms with E-state index in [1.165, 1.54) is 0 Å². The van der Waals surface area contributed by atoms with E-state index < -0.39 is 0 Å². The van der Waals surface area contributed by atoms with E-state index in [0.717, 1.165) is 5.46 Å². The van der Waals surface area contributed by atoms with Crippen molar-refractivity contribution in [1.29, 1.82) is 0 Å². The molecule has 0 saturated carbocycles. The molecule has 34 valence electrons. The molecular weight excluding hydrogens is 89.8 g/mol. The van der Waals surface area contributed by atoms with Crippen LogP contribution in [0.15, 0.2) is 30.3 Å². The second kappa shape index (κ2) is 3.83. The zero-order chi connectivity index (χ0) is 5.11. The summed E-state index contributed by atoms with van der Waals surface area (Å²) in [7, 11) is 5.36. The Hall–Kier alpha value is -0.118. The molecule has 0 aliphatic heterocycles. The second-order valence-electron chi connectivity index (χ2n) is 1.41. The molecule has 0 fully saturated rings. The number of benzene rings is 1. The molecule has 0 nitrogen and oxygen atoms in total. The van der Waals surface area contributed by atoms with Crippen molar-refractivity contribution in [2.75, 3.05) is 0 Å². The molecule has 1 aromatic carbocycles. The summed E-state index contributed by atoms with van der Waals surface area (Å²) < 4.78 is 0. The second-order valence-corrected chi connectivity index (χ2v) is 1.41. The number of hydrogen-bond acceptors (Lipinski definition) is 0. The van der Waals surface area contributed by atoms with Crippen LogP contribution in [0.3, 0.4) is 0 Å². The third-order valence-corrected chi connectivity index (χ3v) is 0.800. The molecule has 0 aliphatic carbocycles. The molecule has 2 heteroatoms. The van der Waals surface area contributed by atoms with Crippen molar-refractivity contribution >= 4 is 32.2 Å². The van der Waals surface area contributed by atoms with Gasteiger partial charge in [0.2, 0.25) is 0 Å². The molecule has 0 heterocycles. The Morgan fingerprint density at radius 3 is 1.75 bits per heavy atom. The molecule has 0 amide bonds. The van der Waals surface area contributed by atoms with Crippen LogP contribution in [0.1, 0.15) is 0 Å². The average molecular weight is 95.9 g/mol. The summed E-state index contributed by atoms with van der Waals surface area (Å²) in [4.78, 5) is 0. The quantitative estimate of drug-likeness (QED) is 0.393. The molecule has 8 heavy (non-hydrogen) atoms. The zero-order valence-corrected chi connectivity index (χ0v) is 3.96. The van der Waals surface area contributed by atoms with Crippen molar-refractivity contribution in [3.05, 3.63) is 30.3 Å². The first kappa shape index (κ1) is 7.88. The Balaban J connectivity index is 0.000000490. The summed E-state index contributed by atoms with van der Waals surface area (Å²) in [6.45, 7) is 0. The van der Waals surface area contributed by atoms with Gasteiger partial charge in [0.1, 0.15) is 7.85 Å². The Kier molecular flexibility index (Phi) is 3.78. The van der Waals surface area contributed by atoms with Gasteiger partial charge < -0.3 is 0 Å². The van der Waals surface area contributed by atoms with Crippen molar-refractivity contribution < 1.29 is 0 Å². The van der Waals surface area contributed by atoms with Gasteiger partial charge in [0.15, 0.2) is 0 Å². The van der Waals surface area contributed by atoms with Crippen LogP contribution in [0.4, 0.5) is 0 Å². The normalized spacial score (nSPS) is 7.50. The summed E-state index contributed by atoms with van der Waals surface area (Å²) in [6.07, 6.45) is 0. The standard InChI is InChI=1S/C6H5B.Li.H/c7-6-4-2-1-3-5-6;;/h1-5H;;. The molecule has 0 aromatic heterocycles. The van der Waals surface area contributed by atoms with E-state index in [9.17, 15) is 0 Å². The topological polar surface area (TPSA) is 0 Å². The average Bonchev–Trinajstić information content (AvgIpc) is 1.69. The number of rotatable bonds is 0. The molecule has 0 atom stereocenters. The van der Waals surface area contributed by atoms with Gasteiger partial charge in [-0.1, -0.05) is 35.8 Å². The molecule has 0 aliphatic rings. The summed E-state index contributed by atoms with van der Waals surface area (Å²) in [5, 5.41) is 0. The fourth-order valence-corrected chi connectivity index (χ4v) is 0.453. The first-order chi connectivity index (χ1) is 3.39. The van der Waals surface area contributed by atoms with Crippen molar-refractivity contribution in [1.82, 2.24) is 0 Å². The molecular formula is C6H6BLi. The Morgan fingerprint density at radius 1 is 1.00 bits per heavy atom. The Labute approximate surface area is 62.9 Å². The zero-order valence-electron chi connectivity index (χ0n) is 3.96. The third-order valence-electron chi connectivity index (χ3n) is 0.800. The molecule has 0 bridgehead atoms. The SMILES string of the molecule is [B]c1ccccc1.[LiH]. The molecule has 2 radical (unpaired) electrons. The Morgan fingerprint density at radius 2 is 1.50 bits per heavy atom. The van der Waals surface area contributed by atoms with Crippen molar-refractivity contribution in [2.24, 2.45) is 0 Å². The van der Waals surface area contributed by atoms with E-state index in [2.05, 4.69) is 0 Å². The summed E-state index contributed by atoms with van der Waals surface area (Å²) in [5.74, 6) is 0. The Bertz CT molecular complexity index is 138. The van der Waals surface area contributed by atoms with Crippen molar-refractivity contribution in [2.45, 2.75) is 0 Å². The molecule has 1 aromatic rings. The van der Waals surface area contributed by atoms with Gasteiger partial charge in [0.25, 0.3) is 0 Å². The minimum absolute atomic E-state index is 0. The predicted molar refractivity (Wildman–Crippen MR) is 39.0 cm³/mol. The van der Waals surface area contributed by atoms with Crippen molar-refractivity contribution in [3.8, 4) is 0 Å². The van der Waals surface area contributed by atoms with E-state index in [4.69, 9.17) is 7.85 Å². The fourth-order valence-electron chi connectivity index (χ4n) is 0.453. The van der Waals surface area contributed by atoms with Crippen LogP contribution < -0.4 is 5.46 Å². The van der Waals surface area contributed by atoms with E-state index >= 15 is 0 Å². The molecule has 0 unspecified atom stereocenters. The van der Waals surface area contributed by atoms with Gasteiger partial charge in [0.05, 0.1) is 0 Å². The van der Waals surface area contributed by atoms with Gasteiger partial charge in [-0.2, -0.15) is 0 Å². The van der Waals surface area contributed by atoms with Crippen LogP contribution in [0.2, 0.25) is 0 Å². The van der Waals surface area contributed by atoms with Crippen LogP contribution in [0.5, 0.6) is 0 Å². The number of hydrogen-bond donors (Lipinski definition) is 0. The molecule has 0 spiro atoms. The van der Waals surface area contributed by atoms with Gasteiger partial charge in [-0.3, -0.25) is 0 Å². The van der Waals surface area contributed by atoms with E-state index in [-0.39, 0.29) is 18.9 Å². The first-order valence-electron chi connectivity index (χ1n) is 2.20. The summed E-state index contributed by atoms with van der Waals surface area (Å²) in [5.41, 5.74) is 0.822. The monoisotopic (exact) mass is 96.1 g/mol. The van der Waals surface area contributed by atoms with Gasteiger partial charge in [-0.15, -0.1) is 0 Å². The summed E-state index contributed by atoms with van der Waals surface area (Å²) >= 11 is 0. The van der Waals surface area contributed by atoms with Crippen LogP contribution in [-0.2, 0) is 0 Å². The van der Waals surface area contributed by atoms with E-state index in [0.29, 0.717) is 0 Å². The van der Waals surface area contributed by atoms with Gasteiger partial charge in [-0.05, 0) is 0 Å². The molecule has 0 N–H and O–H groups in total.